The fraction of sp³-hybridized carbons (Fsp3) is 0.400. The van der Waals surface area contributed by atoms with E-state index in [1.165, 1.54) is 25.7 Å². The van der Waals surface area contributed by atoms with Gasteiger partial charge in [0.15, 0.2) is 0 Å². The van der Waals surface area contributed by atoms with Gasteiger partial charge >= 0.3 is 0 Å². The van der Waals surface area contributed by atoms with Crippen molar-refractivity contribution in [2.45, 2.75) is 32.1 Å². The Kier molecular flexibility index (Phi) is 6.30. The van der Waals surface area contributed by atoms with Crippen LogP contribution < -0.4 is 20.1 Å². The summed E-state index contributed by atoms with van der Waals surface area (Å²) in [6, 6.07) is 7.45. The Bertz CT molecular complexity index is 761. The fourth-order valence-electron chi connectivity index (χ4n) is 3.02. The zero-order chi connectivity index (χ0) is 18.2. The molecule has 0 fully saturated rings. The van der Waals surface area contributed by atoms with Crippen molar-refractivity contribution >= 4 is 17.5 Å². The van der Waals surface area contributed by atoms with E-state index >= 15 is 0 Å². The topological polar surface area (TPSA) is 68.3 Å². The van der Waals surface area contributed by atoms with Gasteiger partial charge in [-0.2, -0.15) is 4.98 Å². The van der Waals surface area contributed by atoms with Gasteiger partial charge in [-0.1, -0.05) is 11.6 Å². The molecule has 26 heavy (non-hydrogen) atoms. The molecule has 0 amide bonds. The first-order valence-electron chi connectivity index (χ1n) is 9.02. The highest BCUT2D eigenvalue weighted by Gasteiger charge is 2.07. The van der Waals surface area contributed by atoms with Crippen molar-refractivity contribution in [3.63, 3.8) is 0 Å². The van der Waals surface area contributed by atoms with E-state index in [4.69, 9.17) is 9.47 Å². The van der Waals surface area contributed by atoms with Crippen LogP contribution in [0.1, 0.15) is 32.1 Å². The smallest absolute Gasteiger partial charge is 0.224 e. The maximum atomic E-state index is 5.41. The van der Waals surface area contributed by atoms with Crippen LogP contribution in [0.15, 0.2) is 42.1 Å². The third kappa shape index (κ3) is 4.88. The lowest BCUT2D eigenvalue weighted by atomic mass is 9.97. The summed E-state index contributed by atoms with van der Waals surface area (Å²) >= 11 is 0. The van der Waals surface area contributed by atoms with Gasteiger partial charge in [0, 0.05) is 18.8 Å². The molecule has 0 aliphatic heterocycles. The summed E-state index contributed by atoms with van der Waals surface area (Å²) in [6.07, 6.45) is 10.2. The molecule has 2 aromatic rings. The van der Waals surface area contributed by atoms with Crippen LogP contribution in [0.5, 0.6) is 11.5 Å². The van der Waals surface area contributed by atoms with Crippen LogP contribution in [0.2, 0.25) is 0 Å². The van der Waals surface area contributed by atoms with Crippen LogP contribution in [0.4, 0.5) is 17.5 Å². The molecule has 0 atom stereocenters. The Morgan fingerprint density at radius 3 is 2.81 bits per heavy atom. The highest BCUT2D eigenvalue weighted by atomic mass is 16.5. The molecular formula is C20H26N4O2. The van der Waals surface area contributed by atoms with E-state index in [9.17, 15) is 0 Å². The molecule has 1 aliphatic carbocycles. The molecule has 0 radical (unpaired) electrons. The molecule has 1 aromatic heterocycles. The van der Waals surface area contributed by atoms with Gasteiger partial charge in [-0.3, -0.25) is 0 Å². The van der Waals surface area contributed by atoms with Crippen LogP contribution in [-0.2, 0) is 0 Å². The number of hydrogen-bond donors (Lipinski definition) is 2. The second kappa shape index (κ2) is 9.08. The number of hydrogen-bond acceptors (Lipinski definition) is 6. The molecule has 2 N–H and O–H groups in total. The second-order valence-corrected chi connectivity index (χ2v) is 6.24. The lowest BCUT2D eigenvalue weighted by Crippen LogP contribution is -2.08. The average Bonchev–Trinajstić information content (AvgIpc) is 2.69. The Balaban J connectivity index is 1.61. The maximum absolute atomic E-state index is 5.41. The van der Waals surface area contributed by atoms with Crippen LogP contribution in [0, 0.1) is 0 Å². The Morgan fingerprint density at radius 1 is 1.12 bits per heavy atom. The van der Waals surface area contributed by atoms with E-state index in [-0.39, 0.29) is 0 Å². The highest BCUT2D eigenvalue weighted by molar-refractivity contribution is 5.66. The average molecular weight is 354 g/mol. The van der Waals surface area contributed by atoms with Crippen molar-refractivity contribution in [2.75, 3.05) is 31.4 Å². The molecule has 3 rings (SSSR count). The van der Waals surface area contributed by atoms with E-state index < -0.39 is 0 Å². The first-order valence-corrected chi connectivity index (χ1v) is 9.02. The van der Waals surface area contributed by atoms with Crippen molar-refractivity contribution < 1.29 is 9.47 Å². The number of allylic oxidation sites excluding steroid dienone is 1. The highest BCUT2D eigenvalue weighted by Crippen LogP contribution is 2.31. The monoisotopic (exact) mass is 354 g/mol. The summed E-state index contributed by atoms with van der Waals surface area (Å²) in [7, 11) is 3.26. The van der Waals surface area contributed by atoms with Crippen molar-refractivity contribution in [3.8, 4) is 11.5 Å². The standard InChI is InChI=1S/C20H26N4O2/c1-25-16-8-9-17(18(14-16)26-2)23-19-11-13-22-20(24-19)21-12-10-15-6-4-3-5-7-15/h6,8-9,11,13-14H,3-5,7,10,12H2,1-2H3,(H2,21,22,23,24). The molecule has 0 spiro atoms. The van der Waals surface area contributed by atoms with Crippen molar-refractivity contribution in [3.05, 3.63) is 42.1 Å². The Labute approximate surface area is 154 Å². The van der Waals surface area contributed by atoms with Crippen LogP contribution in [0.25, 0.3) is 0 Å². The number of ether oxygens (including phenoxy) is 2. The van der Waals surface area contributed by atoms with E-state index in [1.54, 1.807) is 26.0 Å². The molecule has 1 heterocycles. The zero-order valence-electron chi connectivity index (χ0n) is 15.4. The first-order chi connectivity index (χ1) is 12.8. The fourth-order valence-corrected chi connectivity index (χ4v) is 3.02. The molecule has 6 nitrogen and oxygen atoms in total. The van der Waals surface area contributed by atoms with Crippen LogP contribution in [0.3, 0.4) is 0 Å². The number of methoxy groups -OCH3 is 2. The molecular weight excluding hydrogens is 328 g/mol. The minimum Gasteiger partial charge on any atom is -0.497 e. The van der Waals surface area contributed by atoms with E-state index in [0.29, 0.717) is 17.5 Å². The van der Waals surface area contributed by atoms with Crippen LogP contribution >= 0.6 is 0 Å². The Morgan fingerprint density at radius 2 is 2.04 bits per heavy atom. The van der Waals surface area contributed by atoms with Crippen molar-refractivity contribution in [1.82, 2.24) is 9.97 Å². The van der Waals surface area contributed by atoms with E-state index in [2.05, 4.69) is 26.7 Å². The summed E-state index contributed by atoms with van der Waals surface area (Å²) in [5, 5.41) is 6.58. The minimum absolute atomic E-state index is 0.624. The maximum Gasteiger partial charge on any atom is 0.224 e. The molecule has 6 heteroatoms. The zero-order valence-corrected chi connectivity index (χ0v) is 15.4. The van der Waals surface area contributed by atoms with E-state index in [1.807, 2.05) is 24.3 Å². The molecule has 0 unspecified atom stereocenters. The van der Waals surface area contributed by atoms with Gasteiger partial charge in [0.2, 0.25) is 5.95 Å². The Hall–Kier alpha value is -2.76. The SMILES string of the molecule is COc1ccc(Nc2ccnc(NCCC3=CCCCC3)n2)c(OC)c1. The van der Waals surface area contributed by atoms with Gasteiger partial charge in [-0.25, -0.2) is 4.98 Å². The third-order valence-corrected chi connectivity index (χ3v) is 4.44. The third-order valence-electron chi connectivity index (χ3n) is 4.44. The van der Waals surface area contributed by atoms with Gasteiger partial charge in [-0.15, -0.1) is 0 Å². The summed E-state index contributed by atoms with van der Waals surface area (Å²) in [5.41, 5.74) is 2.37. The summed E-state index contributed by atoms with van der Waals surface area (Å²) < 4.78 is 10.6. The van der Waals surface area contributed by atoms with Gasteiger partial charge in [0.25, 0.3) is 0 Å². The molecule has 1 aliphatic rings. The molecule has 0 saturated heterocycles. The van der Waals surface area contributed by atoms with Crippen molar-refractivity contribution in [2.24, 2.45) is 0 Å². The molecule has 0 bridgehead atoms. The number of nitrogens with zero attached hydrogens (tertiary/aromatic N) is 2. The normalized spacial score (nSPS) is 13.7. The predicted molar refractivity (Wildman–Crippen MR) is 105 cm³/mol. The molecule has 1 aromatic carbocycles. The van der Waals surface area contributed by atoms with E-state index in [0.717, 1.165) is 24.4 Å². The lowest BCUT2D eigenvalue weighted by molar-refractivity contribution is 0.395. The molecule has 0 saturated carbocycles. The van der Waals surface area contributed by atoms with Crippen molar-refractivity contribution in [1.29, 1.82) is 0 Å². The number of aromatic nitrogens is 2. The number of nitrogens with one attached hydrogen (secondary N) is 2. The quantitative estimate of drug-likeness (QED) is 0.678. The second-order valence-electron chi connectivity index (χ2n) is 6.24. The first kappa shape index (κ1) is 18.0. The number of anilines is 3. The predicted octanol–water partition coefficient (Wildman–Crippen LogP) is 4.54. The van der Waals surface area contributed by atoms with Gasteiger partial charge < -0.3 is 20.1 Å². The molecule has 138 valence electrons. The lowest BCUT2D eigenvalue weighted by Gasteiger charge is -2.14. The summed E-state index contributed by atoms with van der Waals surface area (Å²) in [4.78, 5) is 8.83. The van der Waals surface area contributed by atoms with Crippen LogP contribution in [-0.4, -0.2) is 30.7 Å². The van der Waals surface area contributed by atoms with Gasteiger partial charge in [0.05, 0.1) is 19.9 Å². The van der Waals surface area contributed by atoms with Gasteiger partial charge in [0.1, 0.15) is 17.3 Å². The largest absolute Gasteiger partial charge is 0.497 e. The minimum atomic E-state index is 0.624. The summed E-state index contributed by atoms with van der Waals surface area (Å²) in [5.74, 6) is 2.78. The number of rotatable bonds is 8. The number of benzene rings is 1. The van der Waals surface area contributed by atoms with Gasteiger partial charge in [-0.05, 0) is 50.3 Å². The summed E-state index contributed by atoms with van der Waals surface area (Å²) in [6.45, 7) is 0.848.